The van der Waals surface area contributed by atoms with E-state index in [4.69, 9.17) is 10.5 Å². The lowest BCUT2D eigenvalue weighted by Crippen LogP contribution is -2.35. The Labute approximate surface area is 369 Å². The standard InChI is InChI=1S/C44H67N7O12/c1-32(52)31-49-44(62)34(29-36(54)20-26-63-27-23-47-38(56)30-45)13-7-9-22-48-43(61)33(28-35(53)14-4-2-10-24-50-39(57)16-17-40(50)58)12-6-8-21-46-37(55)15-5-3-11-25-51-41(59)18-19-42(51)60/h16-19,33-34H,2-15,20-31,45H2,1H3,(H,46,55)(H,47,56)(H,48,61)(H,49,62). The number of hydrogen-bond acceptors (Lipinski definition) is 13. The van der Waals surface area contributed by atoms with Crippen LogP contribution in [0.25, 0.3) is 0 Å². The molecule has 0 aliphatic carbocycles. The molecule has 0 bridgehead atoms. The van der Waals surface area contributed by atoms with E-state index in [9.17, 15) is 52.7 Å². The van der Waals surface area contributed by atoms with Crippen molar-refractivity contribution in [1.82, 2.24) is 31.1 Å². The molecule has 0 aromatic carbocycles. The Morgan fingerprint density at radius 2 is 1.02 bits per heavy atom. The fourth-order valence-electron chi connectivity index (χ4n) is 6.89. The van der Waals surface area contributed by atoms with Gasteiger partial charge in [0.1, 0.15) is 17.3 Å². The van der Waals surface area contributed by atoms with Crippen molar-refractivity contribution in [3.63, 3.8) is 0 Å². The predicted octanol–water partition coefficient (Wildman–Crippen LogP) is 0.868. The second-order valence-electron chi connectivity index (χ2n) is 15.8. The second-order valence-corrected chi connectivity index (χ2v) is 15.8. The van der Waals surface area contributed by atoms with E-state index >= 15 is 0 Å². The van der Waals surface area contributed by atoms with Gasteiger partial charge in [-0.3, -0.25) is 62.5 Å². The molecule has 2 unspecified atom stereocenters. The van der Waals surface area contributed by atoms with E-state index in [0.717, 1.165) is 4.90 Å². The summed E-state index contributed by atoms with van der Waals surface area (Å²) < 4.78 is 5.39. The molecule has 0 fully saturated rings. The third-order valence-corrected chi connectivity index (χ3v) is 10.5. The minimum atomic E-state index is -0.688. The average molecular weight is 886 g/mol. The van der Waals surface area contributed by atoms with Crippen molar-refractivity contribution in [2.75, 3.05) is 59.0 Å². The van der Waals surface area contributed by atoms with Crippen molar-refractivity contribution in [3.05, 3.63) is 24.3 Å². The van der Waals surface area contributed by atoms with Crippen LogP contribution in [0.5, 0.6) is 0 Å². The Morgan fingerprint density at radius 3 is 1.54 bits per heavy atom. The number of nitrogens with zero attached hydrogens (tertiary/aromatic N) is 2. The maximum Gasteiger partial charge on any atom is 0.253 e. The van der Waals surface area contributed by atoms with Crippen molar-refractivity contribution < 1.29 is 57.5 Å². The maximum atomic E-state index is 13.4. The fourth-order valence-corrected chi connectivity index (χ4v) is 6.89. The number of Topliss-reactive ketones (excluding diaryl/α,β-unsaturated/α-hetero) is 3. The first kappa shape index (κ1) is 53.7. The van der Waals surface area contributed by atoms with Gasteiger partial charge in [-0.15, -0.1) is 0 Å². The summed E-state index contributed by atoms with van der Waals surface area (Å²) in [6.45, 7) is 2.86. The zero-order chi connectivity index (χ0) is 46.4. The highest BCUT2D eigenvalue weighted by atomic mass is 16.5. The summed E-state index contributed by atoms with van der Waals surface area (Å²) in [5, 5.41) is 10.9. The number of rotatable bonds is 37. The molecule has 0 aromatic heterocycles. The molecule has 63 heavy (non-hydrogen) atoms. The molecule has 8 amide bonds. The smallest absolute Gasteiger partial charge is 0.253 e. The monoisotopic (exact) mass is 885 g/mol. The number of ether oxygens (including phenoxy) is 1. The molecule has 2 heterocycles. The Balaban J connectivity index is 1.81. The Hall–Kier alpha value is -5.43. The molecule has 0 aromatic rings. The van der Waals surface area contributed by atoms with Crippen molar-refractivity contribution in [2.45, 2.75) is 116 Å². The zero-order valence-electron chi connectivity index (χ0n) is 36.7. The van der Waals surface area contributed by atoms with E-state index in [2.05, 4.69) is 21.3 Å². The van der Waals surface area contributed by atoms with Gasteiger partial charge in [-0.2, -0.15) is 0 Å². The third-order valence-electron chi connectivity index (χ3n) is 10.5. The first-order valence-electron chi connectivity index (χ1n) is 22.2. The molecular formula is C44H67N7O12. The normalized spacial score (nSPS) is 14.3. The largest absolute Gasteiger partial charge is 0.379 e. The van der Waals surface area contributed by atoms with Crippen LogP contribution >= 0.6 is 0 Å². The van der Waals surface area contributed by atoms with Gasteiger partial charge < -0.3 is 31.7 Å². The topological polar surface area (TPSA) is 278 Å². The quantitative estimate of drug-likeness (QED) is 0.0429. The van der Waals surface area contributed by atoms with Crippen LogP contribution in [0.2, 0.25) is 0 Å². The number of hydrogen-bond donors (Lipinski definition) is 5. The van der Waals surface area contributed by atoms with Crippen LogP contribution in [-0.4, -0.2) is 133 Å². The molecule has 0 radical (unpaired) electrons. The molecule has 6 N–H and O–H groups in total. The van der Waals surface area contributed by atoms with Crippen molar-refractivity contribution in [3.8, 4) is 0 Å². The number of imide groups is 2. The average Bonchev–Trinajstić information content (AvgIpc) is 3.75. The molecule has 0 saturated carbocycles. The highest BCUT2D eigenvalue weighted by molar-refractivity contribution is 6.13. The van der Waals surface area contributed by atoms with E-state index in [-0.39, 0.29) is 130 Å². The summed E-state index contributed by atoms with van der Waals surface area (Å²) in [5.74, 6) is -4.30. The Kier molecular flexibility index (Phi) is 26.8. The van der Waals surface area contributed by atoms with Crippen molar-refractivity contribution in [1.29, 1.82) is 0 Å². The highest BCUT2D eigenvalue weighted by Crippen LogP contribution is 2.18. The van der Waals surface area contributed by atoms with E-state index in [0.29, 0.717) is 96.6 Å². The lowest BCUT2D eigenvalue weighted by atomic mass is 9.92. The second kappa shape index (κ2) is 31.4. The predicted molar refractivity (Wildman–Crippen MR) is 230 cm³/mol. The van der Waals surface area contributed by atoms with Crippen molar-refractivity contribution >= 4 is 64.6 Å². The summed E-state index contributed by atoms with van der Waals surface area (Å²) in [6, 6.07) is 0. The maximum absolute atomic E-state index is 13.4. The number of nitrogens with one attached hydrogen (secondary N) is 4. The summed E-state index contributed by atoms with van der Waals surface area (Å²) >= 11 is 0. The molecule has 2 aliphatic rings. The van der Waals surface area contributed by atoms with Gasteiger partial charge in [-0.05, 0) is 58.3 Å². The lowest BCUT2D eigenvalue weighted by Gasteiger charge is -2.18. The van der Waals surface area contributed by atoms with E-state index in [1.807, 2.05) is 0 Å². The summed E-state index contributed by atoms with van der Waals surface area (Å²) in [7, 11) is 0. The molecule has 0 spiro atoms. The third kappa shape index (κ3) is 23.6. The molecular weight excluding hydrogens is 819 g/mol. The van der Waals surface area contributed by atoms with Crippen LogP contribution < -0.4 is 27.0 Å². The Bertz CT molecular complexity index is 1630. The number of unbranched alkanes of at least 4 members (excludes halogenated alkanes) is 6. The Morgan fingerprint density at radius 1 is 0.540 bits per heavy atom. The van der Waals surface area contributed by atoms with Gasteiger partial charge in [0.05, 0.1) is 26.3 Å². The minimum Gasteiger partial charge on any atom is -0.379 e. The van der Waals surface area contributed by atoms with Gasteiger partial charge in [0, 0.05) is 101 Å². The number of carbonyl (C=O) groups is 11. The van der Waals surface area contributed by atoms with Crippen LogP contribution in [0.4, 0.5) is 0 Å². The first-order valence-corrected chi connectivity index (χ1v) is 22.2. The van der Waals surface area contributed by atoms with Crippen LogP contribution in [0.1, 0.15) is 116 Å². The SMILES string of the molecule is CC(=O)CNC(=O)C(CCCCNC(=O)C(CCCCNC(=O)CCCCCN1C(=O)C=CC1=O)CC(=O)CCCCCN1C(=O)C=CC1=O)CC(=O)CCOCCNC(=O)CN. The van der Waals surface area contributed by atoms with Gasteiger partial charge in [-0.1, -0.05) is 25.7 Å². The van der Waals surface area contributed by atoms with Crippen LogP contribution in [0, 0.1) is 11.8 Å². The summed E-state index contributed by atoms with van der Waals surface area (Å²) in [5.41, 5.74) is 5.24. The van der Waals surface area contributed by atoms with Gasteiger partial charge in [0.2, 0.25) is 23.6 Å². The molecule has 19 heteroatoms. The minimum absolute atomic E-state index is 0.0302. The summed E-state index contributed by atoms with van der Waals surface area (Å²) in [6.07, 6.45) is 12.0. The summed E-state index contributed by atoms with van der Waals surface area (Å²) in [4.78, 5) is 136. The molecule has 350 valence electrons. The molecule has 2 atom stereocenters. The molecule has 19 nitrogen and oxygen atoms in total. The number of carbonyl (C=O) groups excluding carboxylic acids is 11. The van der Waals surface area contributed by atoms with Gasteiger partial charge >= 0.3 is 0 Å². The molecule has 2 rings (SSSR count). The lowest BCUT2D eigenvalue weighted by molar-refractivity contribution is -0.138. The van der Waals surface area contributed by atoms with Crippen LogP contribution in [0.15, 0.2) is 24.3 Å². The first-order chi connectivity index (χ1) is 30.2. The fraction of sp³-hybridized carbons (Fsp3) is 0.659. The molecule has 2 aliphatic heterocycles. The van der Waals surface area contributed by atoms with E-state index in [1.165, 1.54) is 36.1 Å². The zero-order valence-corrected chi connectivity index (χ0v) is 36.7. The van der Waals surface area contributed by atoms with Crippen molar-refractivity contribution in [2.24, 2.45) is 17.6 Å². The van der Waals surface area contributed by atoms with E-state index < -0.39 is 17.7 Å². The number of nitrogens with two attached hydrogens (primary N) is 1. The number of amides is 8. The van der Waals surface area contributed by atoms with Gasteiger partial charge in [-0.25, -0.2) is 0 Å². The number of ketones is 3. The van der Waals surface area contributed by atoms with Gasteiger partial charge in [0.25, 0.3) is 23.6 Å². The molecule has 0 saturated heterocycles. The van der Waals surface area contributed by atoms with Crippen LogP contribution in [0.3, 0.4) is 0 Å². The van der Waals surface area contributed by atoms with E-state index in [1.54, 1.807) is 0 Å². The van der Waals surface area contributed by atoms with Gasteiger partial charge in [0.15, 0.2) is 0 Å². The highest BCUT2D eigenvalue weighted by Gasteiger charge is 2.25. The van der Waals surface area contributed by atoms with Crippen LogP contribution in [-0.2, 0) is 57.5 Å².